The Morgan fingerprint density at radius 2 is 1.60 bits per heavy atom. The number of rotatable bonds is 5. The van der Waals surface area contributed by atoms with E-state index in [0.717, 1.165) is 41.0 Å². The van der Waals surface area contributed by atoms with Gasteiger partial charge in [-0.2, -0.15) is 0 Å². The summed E-state index contributed by atoms with van der Waals surface area (Å²) in [5, 5.41) is 18.9. The SMILES string of the molecule is CC(C)(CO)c1cccn2c(C3(c4ccc(-c5ccc(F)cc5)cc4)CC3)nnc12. The summed E-state index contributed by atoms with van der Waals surface area (Å²) in [4.78, 5) is 0. The molecule has 2 aromatic carbocycles. The van der Waals surface area contributed by atoms with Gasteiger partial charge in [-0.05, 0) is 47.7 Å². The van der Waals surface area contributed by atoms with Gasteiger partial charge in [0.05, 0.1) is 12.0 Å². The fraction of sp³-hybridized carbons (Fsp3) is 0.280. The van der Waals surface area contributed by atoms with Crippen LogP contribution in [-0.2, 0) is 10.8 Å². The molecule has 0 amide bonds. The average Bonchev–Trinajstić information content (AvgIpc) is 3.46. The molecule has 152 valence electrons. The van der Waals surface area contributed by atoms with Crippen molar-refractivity contribution >= 4 is 5.65 Å². The second kappa shape index (κ2) is 6.74. The number of hydrogen-bond acceptors (Lipinski definition) is 3. The molecule has 2 aromatic heterocycles. The third-order valence-corrected chi connectivity index (χ3v) is 6.35. The van der Waals surface area contributed by atoms with Crippen molar-refractivity contribution in [2.75, 3.05) is 6.61 Å². The van der Waals surface area contributed by atoms with Crippen molar-refractivity contribution in [1.82, 2.24) is 14.6 Å². The molecule has 0 bridgehead atoms. The second-order valence-corrected chi connectivity index (χ2v) is 8.85. The molecule has 1 aliphatic rings. The standard InChI is InChI=1S/C25H24FN3O/c1-24(2,16-30)21-4-3-15-29-22(21)27-28-23(29)25(13-14-25)19-9-5-17(6-10-19)18-7-11-20(26)12-8-18/h3-12,15,30H,13-14,16H2,1-2H3. The largest absolute Gasteiger partial charge is 0.395 e. The van der Waals surface area contributed by atoms with Gasteiger partial charge in [0.1, 0.15) is 11.6 Å². The summed E-state index contributed by atoms with van der Waals surface area (Å²) < 4.78 is 15.3. The molecular formula is C25H24FN3O. The third kappa shape index (κ3) is 2.92. The molecule has 5 rings (SSSR count). The predicted octanol–water partition coefficient (Wildman–Crippen LogP) is 4.89. The molecule has 1 saturated carbocycles. The van der Waals surface area contributed by atoms with Crippen LogP contribution < -0.4 is 0 Å². The van der Waals surface area contributed by atoms with Crippen molar-refractivity contribution < 1.29 is 9.50 Å². The summed E-state index contributed by atoms with van der Waals surface area (Å²) >= 11 is 0. The van der Waals surface area contributed by atoms with Gasteiger partial charge < -0.3 is 5.11 Å². The molecule has 4 nitrogen and oxygen atoms in total. The first-order chi connectivity index (χ1) is 14.4. The van der Waals surface area contributed by atoms with E-state index >= 15 is 0 Å². The summed E-state index contributed by atoms with van der Waals surface area (Å²) in [6.45, 7) is 4.07. The van der Waals surface area contributed by atoms with Crippen LogP contribution in [0.5, 0.6) is 0 Å². The van der Waals surface area contributed by atoms with E-state index in [0.29, 0.717) is 0 Å². The molecular weight excluding hydrogens is 377 g/mol. The molecule has 1 N–H and O–H groups in total. The van der Waals surface area contributed by atoms with Crippen molar-refractivity contribution in [3.05, 3.63) is 89.6 Å². The number of fused-ring (bicyclic) bond motifs is 1. The molecule has 0 spiro atoms. The van der Waals surface area contributed by atoms with Gasteiger partial charge in [0.25, 0.3) is 0 Å². The Labute approximate surface area is 175 Å². The monoisotopic (exact) mass is 401 g/mol. The van der Waals surface area contributed by atoms with Crippen LogP contribution in [0.1, 0.15) is 43.6 Å². The Bertz CT molecular complexity index is 1210. The van der Waals surface area contributed by atoms with E-state index in [9.17, 15) is 9.50 Å². The maximum Gasteiger partial charge on any atom is 0.164 e. The summed E-state index contributed by atoms with van der Waals surface area (Å²) in [6, 6.07) is 19.1. The highest BCUT2D eigenvalue weighted by molar-refractivity contribution is 5.64. The Morgan fingerprint density at radius 1 is 0.967 bits per heavy atom. The number of pyridine rings is 1. The Kier molecular flexibility index (Phi) is 4.26. The molecule has 0 saturated heterocycles. The Balaban J connectivity index is 1.54. The first kappa shape index (κ1) is 18.9. The number of benzene rings is 2. The van der Waals surface area contributed by atoms with Crippen LogP contribution in [0, 0.1) is 5.82 Å². The zero-order valence-electron chi connectivity index (χ0n) is 17.1. The maximum absolute atomic E-state index is 13.2. The van der Waals surface area contributed by atoms with Gasteiger partial charge in [-0.3, -0.25) is 4.40 Å². The van der Waals surface area contributed by atoms with E-state index in [1.807, 2.05) is 32.2 Å². The fourth-order valence-electron chi connectivity index (χ4n) is 4.25. The first-order valence-corrected chi connectivity index (χ1v) is 10.3. The molecule has 1 fully saturated rings. The van der Waals surface area contributed by atoms with Crippen molar-refractivity contribution in [2.45, 2.75) is 37.5 Å². The van der Waals surface area contributed by atoms with E-state index < -0.39 is 0 Å². The van der Waals surface area contributed by atoms with Gasteiger partial charge in [-0.15, -0.1) is 10.2 Å². The average molecular weight is 401 g/mol. The molecule has 0 radical (unpaired) electrons. The Hall–Kier alpha value is -3.05. The van der Waals surface area contributed by atoms with Crippen LogP contribution in [0.25, 0.3) is 16.8 Å². The highest BCUT2D eigenvalue weighted by Gasteiger charge is 2.49. The second-order valence-electron chi connectivity index (χ2n) is 8.85. The maximum atomic E-state index is 13.2. The van der Waals surface area contributed by atoms with Crippen LogP contribution in [0.4, 0.5) is 4.39 Å². The number of aliphatic hydroxyl groups excluding tert-OH is 1. The summed E-state index contributed by atoms with van der Waals surface area (Å²) in [5.41, 5.74) is 4.55. The van der Waals surface area contributed by atoms with Crippen LogP contribution in [0.2, 0.25) is 0 Å². The summed E-state index contributed by atoms with van der Waals surface area (Å²) in [6.07, 6.45) is 4.06. The lowest BCUT2D eigenvalue weighted by Crippen LogP contribution is -2.23. The minimum atomic E-state index is -0.389. The lowest BCUT2D eigenvalue weighted by Gasteiger charge is -2.22. The lowest BCUT2D eigenvalue weighted by atomic mass is 9.86. The van der Waals surface area contributed by atoms with Gasteiger partial charge in [0.15, 0.2) is 5.65 Å². The molecule has 5 heteroatoms. The van der Waals surface area contributed by atoms with E-state index in [1.54, 1.807) is 12.1 Å². The molecule has 1 aliphatic carbocycles. The minimum absolute atomic E-state index is 0.0465. The van der Waals surface area contributed by atoms with Crippen LogP contribution >= 0.6 is 0 Å². The Morgan fingerprint density at radius 3 is 2.20 bits per heavy atom. The van der Waals surface area contributed by atoms with Crippen LogP contribution in [0.15, 0.2) is 66.9 Å². The minimum Gasteiger partial charge on any atom is -0.395 e. The highest BCUT2D eigenvalue weighted by Crippen LogP contribution is 2.53. The van der Waals surface area contributed by atoms with Gasteiger partial charge >= 0.3 is 0 Å². The number of hydrogen-bond donors (Lipinski definition) is 1. The van der Waals surface area contributed by atoms with Crippen molar-refractivity contribution in [3.63, 3.8) is 0 Å². The number of aliphatic hydroxyl groups is 1. The van der Waals surface area contributed by atoms with Gasteiger partial charge in [0, 0.05) is 17.2 Å². The smallest absolute Gasteiger partial charge is 0.164 e. The molecule has 4 aromatic rings. The first-order valence-electron chi connectivity index (χ1n) is 10.3. The van der Waals surface area contributed by atoms with Gasteiger partial charge in [0.2, 0.25) is 0 Å². The van der Waals surface area contributed by atoms with Crippen molar-refractivity contribution in [1.29, 1.82) is 0 Å². The topological polar surface area (TPSA) is 50.4 Å². The zero-order valence-corrected chi connectivity index (χ0v) is 17.1. The predicted molar refractivity (Wildman–Crippen MR) is 115 cm³/mol. The molecule has 0 atom stereocenters. The van der Waals surface area contributed by atoms with Gasteiger partial charge in [-0.25, -0.2) is 4.39 Å². The van der Waals surface area contributed by atoms with E-state index in [2.05, 4.69) is 38.9 Å². The lowest BCUT2D eigenvalue weighted by molar-refractivity contribution is 0.219. The zero-order chi connectivity index (χ0) is 20.9. The van der Waals surface area contributed by atoms with E-state index in [1.165, 1.54) is 17.7 Å². The normalized spacial score (nSPS) is 15.5. The summed E-state index contributed by atoms with van der Waals surface area (Å²) in [5.74, 6) is 0.720. The van der Waals surface area contributed by atoms with E-state index in [-0.39, 0.29) is 23.3 Å². The molecule has 30 heavy (non-hydrogen) atoms. The third-order valence-electron chi connectivity index (χ3n) is 6.35. The summed E-state index contributed by atoms with van der Waals surface area (Å²) in [7, 11) is 0. The van der Waals surface area contributed by atoms with Crippen LogP contribution in [0.3, 0.4) is 0 Å². The van der Waals surface area contributed by atoms with Crippen LogP contribution in [-0.4, -0.2) is 26.3 Å². The quantitative estimate of drug-likeness (QED) is 0.518. The highest BCUT2D eigenvalue weighted by atomic mass is 19.1. The van der Waals surface area contributed by atoms with Crippen molar-refractivity contribution in [2.24, 2.45) is 0 Å². The molecule has 0 aliphatic heterocycles. The van der Waals surface area contributed by atoms with Crippen molar-refractivity contribution in [3.8, 4) is 11.1 Å². The number of aromatic nitrogens is 3. The number of halogens is 1. The molecule has 2 heterocycles. The van der Waals surface area contributed by atoms with E-state index in [4.69, 9.17) is 0 Å². The van der Waals surface area contributed by atoms with Gasteiger partial charge in [-0.1, -0.05) is 56.3 Å². The number of nitrogens with zero attached hydrogens (tertiary/aromatic N) is 3. The fourth-order valence-corrected chi connectivity index (χ4v) is 4.25. The molecule has 0 unspecified atom stereocenters.